The molecular formula is C16H13ClN4O3. The first-order chi connectivity index (χ1) is 11.6. The number of rotatable bonds is 3. The number of nitriles is 1. The van der Waals surface area contributed by atoms with Gasteiger partial charge in [-0.1, -0.05) is 29.8 Å². The van der Waals surface area contributed by atoms with Crippen molar-refractivity contribution in [2.24, 2.45) is 5.73 Å². The highest BCUT2D eigenvalue weighted by atomic mass is 35.5. The third-order valence-electron chi connectivity index (χ3n) is 3.54. The molecule has 0 radical (unpaired) electrons. The highest BCUT2D eigenvalue weighted by Crippen LogP contribution is 2.42. The van der Waals surface area contributed by atoms with Crippen molar-refractivity contribution in [3.63, 3.8) is 0 Å². The van der Waals surface area contributed by atoms with E-state index >= 15 is 0 Å². The smallest absolute Gasteiger partial charge is 0.394 e. The van der Waals surface area contributed by atoms with Crippen molar-refractivity contribution < 1.29 is 13.9 Å². The zero-order valence-corrected chi connectivity index (χ0v) is 13.4. The Labute approximate surface area is 142 Å². The molecule has 8 heteroatoms. The lowest BCUT2D eigenvalue weighted by Crippen LogP contribution is -2.22. The zero-order valence-electron chi connectivity index (χ0n) is 12.7. The van der Waals surface area contributed by atoms with Crippen LogP contribution >= 0.6 is 11.6 Å². The Morgan fingerprint density at radius 2 is 2.29 bits per heavy atom. The Hall–Kier alpha value is -2.98. The van der Waals surface area contributed by atoms with Crippen molar-refractivity contribution in [3.8, 4) is 6.07 Å². The summed E-state index contributed by atoms with van der Waals surface area (Å²) in [5.41, 5.74) is 7.18. The van der Waals surface area contributed by atoms with Gasteiger partial charge in [-0.15, -0.1) is 0 Å². The highest BCUT2D eigenvalue weighted by Gasteiger charge is 2.35. The topological polar surface area (TPSA) is 114 Å². The van der Waals surface area contributed by atoms with E-state index in [0.717, 1.165) is 0 Å². The van der Waals surface area contributed by atoms with Gasteiger partial charge in [-0.25, -0.2) is 9.78 Å². The van der Waals surface area contributed by atoms with Crippen LogP contribution in [0, 0.1) is 11.3 Å². The van der Waals surface area contributed by atoms with Crippen molar-refractivity contribution in [1.29, 1.82) is 5.26 Å². The van der Waals surface area contributed by atoms with Gasteiger partial charge in [0.25, 0.3) is 0 Å². The van der Waals surface area contributed by atoms with Crippen LogP contribution in [0.3, 0.4) is 0 Å². The minimum Gasteiger partial charge on any atom is -0.459 e. The lowest BCUT2D eigenvalue weighted by molar-refractivity contribution is 0.0482. The summed E-state index contributed by atoms with van der Waals surface area (Å²) in [6.07, 6.45) is 0. The number of halogens is 1. The van der Waals surface area contributed by atoms with Crippen LogP contribution in [-0.4, -0.2) is 17.6 Å². The number of carbonyl (C=O) groups excluding carboxylic acids is 1. The van der Waals surface area contributed by atoms with Gasteiger partial charge >= 0.3 is 11.9 Å². The van der Waals surface area contributed by atoms with Gasteiger partial charge < -0.3 is 20.2 Å². The molecule has 2 heterocycles. The maximum atomic E-state index is 11.9. The number of esters is 1. The van der Waals surface area contributed by atoms with E-state index in [-0.39, 0.29) is 29.8 Å². The highest BCUT2D eigenvalue weighted by molar-refractivity contribution is 6.31. The summed E-state index contributed by atoms with van der Waals surface area (Å²) in [5, 5.41) is 12.7. The van der Waals surface area contributed by atoms with Gasteiger partial charge in [0.15, 0.2) is 0 Å². The van der Waals surface area contributed by atoms with Crippen LogP contribution in [0.4, 0.5) is 5.88 Å². The molecule has 7 nitrogen and oxygen atoms in total. The van der Waals surface area contributed by atoms with Gasteiger partial charge in [0.05, 0.1) is 24.2 Å². The second kappa shape index (κ2) is 6.26. The van der Waals surface area contributed by atoms with E-state index in [0.29, 0.717) is 16.3 Å². The molecule has 0 amide bonds. The van der Waals surface area contributed by atoms with E-state index in [9.17, 15) is 10.1 Å². The molecule has 24 heavy (non-hydrogen) atoms. The van der Waals surface area contributed by atoms with Crippen LogP contribution < -0.4 is 11.1 Å². The normalized spacial score (nSPS) is 16.1. The van der Waals surface area contributed by atoms with Crippen LogP contribution in [0.2, 0.25) is 5.02 Å². The van der Waals surface area contributed by atoms with Crippen molar-refractivity contribution in [1.82, 2.24) is 4.98 Å². The number of anilines is 1. The SMILES string of the molecule is CCOC(=O)c1nc2c(o1)NC(N)=C(C#N)[C@H]2c1ccccc1Cl. The fourth-order valence-electron chi connectivity index (χ4n) is 2.52. The summed E-state index contributed by atoms with van der Waals surface area (Å²) < 4.78 is 10.3. The van der Waals surface area contributed by atoms with Crippen LogP contribution in [0.25, 0.3) is 0 Å². The number of nitrogens with one attached hydrogen (secondary N) is 1. The number of oxazole rings is 1. The van der Waals surface area contributed by atoms with Crippen molar-refractivity contribution in [2.45, 2.75) is 12.8 Å². The second-order valence-corrected chi connectivity index (χ2v) is 5.38. The lowest BCUT2D eigenvalue weighted by Gasteiger charge is -2.23. The fourth-order valence-corrected chi connectivity index (χ4v) is 2.76. The van der Waals surface area contributed by atoms with Gasteiger partial charge in [-0.05, 0) is 18.6 Å². The summed E-state index contributed by atoms with van der Waals surface area (Å²) in [6.45, 7) is 1.87. The number of fused-ring (bicyclic) bond motifs is 1. The Morgan fingerprint density at radius 3 is 2.96 bits per heavy atom. The minimum absolute atomic E-state index is 0.126. The maximum Gasteiger partial charge on any atom is 0.394 e. The van der Waals surface area contributed by atoms with E-state index in [1.54, 1.807) is 31.2 Å². The zero-order chi connectivity index (χ0) is 17.3. The largest absolute Gasteiger partial charge is 0.459 e. The van der Waals surface area contributed by atoms with Gasteiger partial charge in [0, 0.05) is 5.02 Å². The number of hydrogen-bond donors (Lipinski definition) is 2. The molecule has 122 valence electrons. The number of ether oxygens (including phenoxy) is 1. The van der Waals surface area contributed by atoms with E-state index in [1.807, 2.05) is 0 Å². The van der Waals surface area contributed by atoms with E-state index in [4.69, 9.17) is 26.5 Å². The van der Waals surface area contributed by atoms with Crippen LogP contribution in [0.1, 0.15) is 34.8 Å². The molecular weight excluding hydrogens is 332 g/mol. The molecule has 1 aliphatic heterocycles. The lowest BCUT2D eigenvalue weighted by atomic mass is 9.87. The number of carbonyl (C=O) groups is 1. The summed E-state index contributed by atoms with van der Waals surface area (Å²) in [5.74, 6) is -1.21. The average Bonchev–Trinajstić information content (AvgIpc) is 2.98. The first kappa shape index (κ1) is 15.9. The number of nitrogens with zero attached hydrogens (tertiary/aromatic N) is 2. The van der Waals surface area contributed by atoms with Gasteiger partial charge in [-0.2, -0.15) is 5.26 Å². The first-order valence-electron chi connectivity index (χ1n) is 7.15. The van der Waals surface area contributed by atoms with E-state index < -0.39 is 11.9 Å². The van der Waals surface area contributed by atoms with E-state index in [2.05, 4.69) is 16.4 Å². The molecule has 0 spiro atoms. The quantitative estimate of drug-likeness (QED) is 0.822. The number of aromatic nitrogens is 1. The van der Waals surface area contributed by atoms with Crippen molar-refractivity contribution in [2.75, 3.05) is 11.9 Å². The van der Waals surface area contributed by atoms with Crippen LogP contribution in [0.5, 0.6) is 0 Å². The monoisotopic (exact) mass is 344 g/mol. The predicted octanol–water partition coefficient (Wildman–Crippen LogP) is 2.76. The molecule has 3 N–H and O–H groups in total. The molecule has 0 unspecified atom stereocenters. The molecule has 0 saturated heterocycles. The van der Waals surface area contributed by atoms with Crippen LogP contribution in [-0.2, 0) is 4.74 Å². The minimum atomic E-state index is -0.691. The number of benzene rings is 1. The molecule has 2 aromatic rings. The molecule has 0 bridgehead atoms. The summed E-state index contributed by atoms with van der Waals surface area (Å²) >= 11 is 6.27. The molecule has 0 aliphatic carbocycles. The predicted molar refractivity (Wildman–Crippen MR) is 86.2 cm³/mol. The Balaban J connectivity index is 2.15. The van der Waals surface area contributed by atoms with Crippen molar-refractivity contribution >= 4 is 23.5 Å². The molecule has 1 atom stereocenters. The molecule has 1 aliphatic rings. The fraction of sp³-hybridized carbons (Fsp3) is 0.188. The van der Waals surface area contributed by atoms with Crippen molar-refractivity contribution in [3.05, 3.63) is 57.8 Å². The summed E-state index contributed by atoms with van der Waals surface area (Å²) in [7, 11) is 0. The Morgan fingerprint density at radius 1 is 1.54 bits per heavy atom. The third kappa shape index (κ3) is 2.57. The Kier molecular flexibility index (Phi) is 4.15. The van der Waals surface area contributed by atoms with Gasteiger partial charge in [0.2, 0.25) is 5.88 Å². The molecule has 1 aromatic carbocycles. The van der Waals surface area contributed by atoms with Gasteiger partial charge in [0.1, 0.15) is 11.5 Å². The molecule has 0 fully saturated rings. The average molecular weight is 345 g/mol. The number of allylic oxidation sites excluding steroid dienone is 1. The third-order valence-corrected chi connectivity index (χ3v) is 3.88. The summed E-state index contributed by atoms with van der Waals surface area (Å²) in [6, 6.07) is 9.11. The molecule has 3 rings (SSSR count). The Bertz CT molecular complexity index is 882. The maximum absolute atomic E-state index is 11.9. The first-order valence-corrected chi connectivity index (χ1v) is 7.53. The molecule has 1 aromatic heterocycles. The number of nitrogens with two attached hydrogens (primary N) is 1. The van der Waals surface area contributed by atoms with Crippen LogP contribution in [0.15, 0.2) is 40.1 Å². The summed E-state index contributed by atoms with van der Waals surface area (Å²) in [4.78, 5) is 16.1. The standard InChI is InChI=1S/C16H13ClN4O3/c1-2-23-16(22)15-20-12-11(8-5-3-4-6-10(8)17)9(7-18)13(19)21-14(12)24-15/h3-6,11,21H,2,19H2,1H3/t11-/m1/s1. The molecule has 0 saturated carbocycles. The number of hydrogen-bond acceptors (Lipinski definition) is 7. The van der Waals surface area contributed by atoms with Gasteiger partial charge in [-0.3, -0.25) is 0 Å². The second-order valence-electron chi connectivity index (χ2n) is 4.97. The van der Waals surface area contributed by atoms with E-state index in [1.165, 1.54) is 0 Å².